The van der Waals surface area contributed by atoms with E-state index in [4.69, 9.17) is 9.47 Å². The lowest BCUT2D eigenvalue weighted by Crippen LogP contribution is -2.67. The lowest BCUT2D eigenvalue weighted by Gasteiger charge is -2.43. The van der Waals surface area contributed by atoms with E-state index in [0.717, 1.165) is 36.1 Å². The minimum atomic E-state index is -1.23. The fourth-order valence-electron chi connectivity index (χ4n) is 6.01. The smallest absolute Gasteiger partial charge is 0.416 e. The molecule has 3 amide bonds. The van der Waals surface area contributed by atoms with E-state index in [1.807, 2.05) is 19.1 Å². The molecule has 2 fully saturated rings. The van der Waals surface area contributed by atoms with Crippen LogP contribution in [0.5, 0.6) is 5.75 Å². The van der Waals surface area contributed by atoms with Crippen molar-refractivity contribution in [2.24, 2.45) is 17.8 Å². The number of imide groups is 1. The van der Waals surface area contributed by atoms with Crippen LogP contribution in [0.1, 0.15) is 77.3 Å². The summed E-state index contributed by atoms with van der Waals surface area (Å²) in [5.41, 5.74) is 0.695. The maximum atomic E-state index is 13.3. The van der Waals surface area contributed by atoms with Crippen LogP contribution in [0.15, 0.2) is 42.6 Å². The number of methoxy groups -OCH3 is 1. The Morgan fingerprint density at radius 3 is 2.35 bits per heavy atom. The van der Waals surface area contributed by atoms with Crippen molar-refractivity contribution in [3.63, 3.8) is 0 Å². The summed E-state index contributed by atoms with van der Waals surface area (Å²) in [7, 11) is 1.58. The zero-order valence-electron chi connectivity index (χ0n) is 25.7. The molecule has 2 aliphatic rings. The van der Waals surface area contributed by atoms with Gasteiger partial charge in [-0.1, -0.05) is 51.2 Å². The molecule has 1 N–H and O–H groups in total. The van der Waals surface area contributed by atoms with Crippen molar-refractivity contribution < 1.29 is 33.8 Å². The molecular formula is C33H43N3O7. The first-order valence-electron chi connectivity index (χ1n) is 15.0. The lowest BCUT2D eigenvalue weighted by atomic mass is 9.78. The van der Waals surface area contributed by atoms with Gasteiger partial charge in [-0.15, -0.1) is 0 Å². The first-order chi connectivity index (χ1) is 20.4. The molecule has 232 valence electrons. The van der Waals surface area contributed by atoms with Crippen molar-refractivity contribution >= 4 is 29.7 Å². The minimum Gasteiger partial charge on any atom is -0.497 e. The number of hydrogen-bond acceptors (Lipinski definition) is 7. The van der Waals surface area contributed by atoms with Gasteiger partial charge in [0.05, 0.1) is 19.6 Å². The Morgan fingerprint density at radius 1 is 1.07 bits per heavy atom. The summed E-state index contributed by atoms with van der Waals surface area (Å²) in [4.78, 5) is 58.5. The number of carbonyl (C=O) groups is 4. The summed E-state index contributed by atoms with van der Waals surface area (Å²) < 4.78 is 10.9. The van der Waals surface area contributed by atoms with E-state index in [-0.39, 0.29) is 25.3 Å². The fraction of sp³-hybridized carbons (Fsp3) is 0.545. The Bertz CT molecular complexity index is 1310. The van der Waals surface area contributed by atoms with Crippen molar-refractivity contribution in [3.8, 4) is 5.75 Å². The van der Waals surface area contributed by atoms with Gasteiger partial charge in [-0.3, -0.25) is 19.4 Å². The number of carboxylic acids is 1. The highest BCUT2D eigenvalue weighted by atomic mass is 16.6. The standard InChI is InChI=1S/C33H43N3O7/c1-21(24-9-7-6-8-10-24)17-28(37)36-29(31(39)40)26(30(36)38)18-23-15-16-34-27(19-23)35(32(41)43-33(2,3)4)20-22-11-13-25(42-5)14-12-22/h11-16,19,21,24,26,29H,6-10,17-18,20H2,1-5H3,(H,39,40)/t21-,26?,29-/m0/s1. The first kappa shape index (κ1) is 32.0. The molecule has 1 saturated heterocycles. The molecule has 3 atom stereocenters. The Balaban J connectivity index is 1.50. The minimum absolute atomic E-state index is 0.0952. The summed E-state index contributed by atoms with van der Waals surface area (Å²) in [6, 6.07) is 9.39. The normalized spacial score (nSPS) is 19.7. The Labute approximate surface area is 253 Å². The van der Waals surface area contributed by atoms with Gasteiger partial charge < -0.3 is 14.6 Å². The van der Waals surface area contributed by atoms with Gasteiger partial charge in [-0.05, 0) is 74.4 Å². The average Bonchev–Trinajstić information content (AvgIpc) is 2.96. The number of ether oxygens (including phenoxy) is 2. The largest absolute Gasteiger partial charge is 0.497 e. The number of anilines is 1. The molecule has 1 saturated carbocycles. The SMILES string of the molecule is COc1ccc(CN(C(=O)OC(C)(C)C)c2cc(CC3C(=O)N(C(=O)C[C@H](C)C4CCCCC4)[C@@H]3C(=O)O)ccn2)cc1. The van der Waals surface area contributed by atoms with Crippen LogP contribution in [-0.4, -0.2) is 57.6 Å². The molecule has 0 spiro atoms. The van der Waals surface area contributed by atoms with Crippen molar-refractivity contribution in [3.05, 3.63) is 53.7 Å². The fourth-order valence-corrected chi connectivity index (χ4v) is 6.01. The van der Waals surface area contributed by atoms with E-state index >= 15 is 0 Å². The molecule has 43 heavy (non-hydrogen) atoms. The molecule has 1 unspecified atom stereocenters. The third kappa shape index (κ3) is 7.91. The van der Waals surface area contributed by atoms with Crippen LogP contribution in [0, 0.1) is 17.8 Å². The molecule has 10 heteroatoms. The van der Waals surface area contributed by atoms with Crippen molar-refractivity contribution in [2.45, 2.75) is 90.8 Å². The maximum absolute atomic E-state index is 13.3. The van der Waals surface area contributed by atoms with E-state index in [0.29, 0.717) is 23.0 Å². The van der Waals surface area contributed by atoms with Crippen LogP contribution in [-0.2, 0) is 32.1 Å². The van der Waals surface area contributed by atoms with Gasteiger partial charge in [-0.2, -0.15) is 0 Å². The maximum Gasteiger partial charge on any atom is 0.416 e. The predicted molar refractivity (Wildman–Crippen MR) is 160 cm³/mol. The van der Waals surface area contributed by atoms with Crippen LogP contribution in [0.3, 0.4) is 0 Å². The van der Waals surface area contributed by atoms with Crippen LogP contribution in [0.4, 0.5) is 10.6 Å². The monoisotopic (exact) mass is 593 g/mol. The molecular weight excluding hydrogens is 550 g/mol. The van der Waals surface area contributed by atoms with Crippen molar-refractivity contribution in [1.29, 1.82) is 0 Å². The van der Waals surface area contributed by atoms with E-state index in [1.165, 1.54) is 17.5 Å². The van der Waals surface area contributed by atoms with Crippen molar-refractivity contribution in [1.82, 2.24) is 9.88 Å². The van der Waals surface area contributed by atoms with Gasteiger partial charge >= 0.3 is 12.1 Å². The van der Waals surface area contributed by atoms with Gasteiger partial charge in [0.25, 0.3) is 0 Å². The summed E-state index contributed by atoms with van der Waals surface area (Å²) >= 11 is 0. The van der Waals surface area contributed by atoms with Crippen molar-refractivity contribution in [2.75, 3.05) is 12.0 Å². The van der Waals surface area contributed by atoms with E-state index in [9.17, 15) is 24.3 Å². The Kier molecular flexibility index (Phi) is 10.1. The van der Waals surface area contributed by atoms with Crippen LogP contribution in [0.2, 0.25) is 0 Å². The van der Waals surface area contributed by atoms with Gasteiger partial charge in [0, 0.05) is 12.6 Å². The third-order valence-corrected chi connectivity index (χ3v) is 8.34. The van der Waals surface area contributed by atoms with E-state index in [2.05, 4.69) is 4.98 Å². The molecule has 2 heterocycles. The second-order valence-electron chi connectivity index (χ2n) is 12.7. The van der Waals surface area contributed by atoms with Gasteiger partial charge in [0.2, 0.25) is 11.8 Å². The number of rotatable bonds is 10. The highest BCUT2D eigenvalue weighted by Gasteiger charge is 2.54. The second-order valence-corrected chi connectivity index (χ2v) is 12.7. The highest BCUT2D eigenvalue weighted by molar-refractivity contribution is 6.08. The molecule has 0 radical (unpaired) electrons. The number of aliphatic carboxylic acids is 1. The summed E-state index contributed by atoms with van der Waals surface area (Å²) in [5, 5.41) is 9.99. The van der Waals surface area contributed by atoms with Gasteiger partial charge in [-0.25, -0.2) is 14.6 Å². The first-order valence-corrected chi connectivity index (χ1v) is 15.0. The number of amides is 3. The number of nitrogens with zero attached hydrogens (tertiary/aromatic N) is 3. The Morgan fingerprint density at radius 2 is 1.74 bits per heavy atom. The number of benzene rings is 1. The van der Waals surface area contributed by atoms with Crippen LogP contribution >= 0.6 is 0 Å². The number of hydrogen-bond donors (Lipinski definition) is 1. The quantitative estimate of drug-likeness (QED) is 0.352. The molecule has 1 aliphatic carbocycles. The number of carboxylic acid groups (broad SMARTS) is 1. The second kappa shape index (κ2) is 13.6. The summed E-state index contributed by atoms with van der Waals surface area (Å²) in [6.07, 6.45) is 6.81. The number of carbonyl (C=O) groups excluding carboxylic acids is 3. The van der Waals surface area contributed by atoms with Crippen LogP contribution in [0.25, 0.3) is 0 Å². The van der Waals surface area contributed by atoms with Gasteiger partial charge in [0.15, 0.2) is 0 Å². The molecule has 10 nitrogen and oxygen atoms in total. The number of likely N-dealkylation sites (tertiary alicyclic amines) is 1. The molecule has 2 aromatic rings. The zero-order chi connectivity index (χ0) is 31.3. The predicted octanol–water partition coefficient (Wildman–Crippen LogP) is 5.62. The summed E-state index contributed by atoms with van der Waals surface area (Å²) in [6.45, 7) is 7.51. The van der Waals surface area contributed by atoms with E-state index in [1.54, 1.807) is 52.1 Å². The van der Waals surface area contributed by atoms with Crippen LogP contribution < -0.4 is 9.64 Å². The van der Waals surface area contributed by atoms with E-state index < -0.39 is 41.4 Å². The molecule has 1 aromatic carbocycles. The third-order valence-electron chi connectivity index (χ3n) is 8.34. The number of β-lactam (4-membered cyclic amide) rings is 1. The molecule has 4 rings (SSSR count). The summed E-state index contributed by atoms with van der Waals surface area (Å²) in [5.74, 6) is -1.48. The number of pyridine rings is 1. The highest BCUT2D eigenvalue weighted by Crippen LogP contribution is 2.36. The van der Waals surface area contributed by atoms with Gasteiger partial charge in [0.1, 0.15) is 23.2 Å². The molecule has 1 aliphatic heterocycles. The number of aromatic nitrogens is 1. The molecule has 1 aromatic heterocycles. The topological polar surface area (TPSA) is 126 Å². The Hall–Kier alpha value is -3.95. The average molecular weight is 594 g/mol. The lowest BCUT2D eigenvalue weighted by molar-refractivity contribution is -0.177. The zero-order valence-corrected chi connectivity index (χ0v) is 25.7. The molecule has 0 bridgehead atoms.